The van der Waals surface area contributed by atoms with Crippen molar-refractivity contribution in [2.24, 2.45) is 0 Å². The Kier molecular flexibility index (Phi) is 5.01. The van der Waals surface area contributed by atoms with Crippen LogP contribution < -0.4 is 0 Å². The lowest BCUT2D eigenvalue weighted by atomic mass is 10.1. The van der Waals surface area contributed by atoms with Gasteiger partial charge in [-0.1, -0.05) is 36.4 Å². The van der Waals surface area contributed by atoms with E-state index < -0.39 is 17.7 Å². The van der Waals surface area contributed by atoms with Gasteiger partial charge in [-0.3, -0.25) is 4.79 Å². The van der Waals surface area contributed by atoms with E-state index in [9.17, 15) is 18.0 Å². The SMILES string of the molecule is O=C(Cc1cccc(C(F)(F)F)c1)OCc1nnc(-c2ccccc2)o1. The predicted molar refractivity (Wildman–Crippen MR) is 84.7 cm³/mol. The molecule has 5 nitrogen and oxygen atoms in total. The van der Waals surface area contributed by atoms with Crippen molar-refractivity contribution < 1.29 is 27.1 Å². The molecule has 0 N–H and O–H groups in total. The zero-order valence-electron chi connectivity index (χ0n) is 13.4. The van der Waals surface area contributed by atoms with Crippen molar-refractivity contribution in [1.29, 1.82) is 0 Å². The fourth-order valence-electron chi connectivity index (χ4n) is 2.23. The number of hydrogen-bond donors (Lipinski definition) is 0. The molecule has 0 saturated heterocycles. The van der Waals surface area contributed by atoms with Gasteiger partial charge in [0.15, 0.2) is 6.61 Å². The standard InChI is InChI=1S/C18H13F3N2O3/c19-18(20,21)14-8-4-5-12(9-14)10-16(24)25-11-15-22-23-17(26-15)13-6-2-1-3-7-13/h1-9H,10-11H2. The number of aromatic nitrogens is 2. The van der Waals surface area contributed by atoms with Crippen molar-refractivity contribution in [1.82, 2.24) is 10.2 Å². The second-order valence-electron chi connectivity index (χ2n) is 5.40. The molecule has 0 bridgehead atoms. The Balaban J connectivity index is 1.57. The van der Waals surface area contributed by atoms with Crippen LogP contribution >= 0.6 is 0 Å². The number of carbonyl (C=O) groups is 1. The van der Waals surface area contributed by atoms with Crippen molar-refractivity contribution in [3.63, 3.8) is 0 Å². The van der Waals surface area contributed by atoms with Gasteiger partial charge in [-0.05, 0) is 23.8 Å². The molecule has 0 atom stereocenters. The molecule has 1 aromatic heterocycles. The Morgan fingerprint density at radius 3 is 2.54 bits per heavy atom. The minimum Gasteiger partial charge on any atom is -0.455 e. The van der Waals surface area contributed by atoms with Crippen LogP contribution in [0.25, 0.3) is 11.5 Å². The van der Waals surface area contributed by atoms with Crippen LogP contribution in [0.1, 0.15) is 17.0 Å². The second-order valence-corrected chi connectivity index (χ2v) is 5.40. The minimum atomic E-state index is -4.46. The number of carbonyl (C=O) groups excluding carboxylic acids is 1. The van der Waals surface area contributed by atoms with Gasteiger partial charge in [-0.2, -0.15) is 13.2 Å². The normalized spacial score (nSPS) is 11.3. The molecule has 3 aromatic rings. The summed E-state index contributed by atoms with van der Waals surface area (Å²) in [5.41, 5.74) is 0.120. The maximum Gasteiger partial charge on any atom is 0.416 e. The van der Waals surface area contributed by atoms with Crippen LogP contribution in [0.4, 0.5) is 13.2 Å². The Labute approximate surface area is 146 Å². The fraction of sp³-hybridized carbons (Fsp3) is 0.167. The van der Waals surface area contributed by atoms with Gasteiger partial charge in [0.05, 0.1) is 12.0 Å². The topological polar surface area (TPSA) is 65.2 Å². The summed E-state index contributed by atoms with van der Waals surface area (Å²) in [5.74, 6) is -0.306. The molecule has 0 aliphatic carbocycles. The molecule has 8 heteroatoms. The second kappa shape index (κ2) is 7.38. The monoisotopic (exact) mass is 362 g/mol. The van der Waals surface area contributed by atoms with E-state index in [4.69, 9.17) is 9.15 Å². The highest BCUT2D eigenvalue weighted by Crippen LogP contribution is 2.29. The van der Waals surface area contributed by atoms with Crippen LogP contribution in [-0.4, -0.2) is 16.2 Å². The number of hydrogen-bond acceptors (Lipinski definition) is 5. The summed E-state index contributed by atoms with van der Waals surface area (Å²) < 4.78 is 48.4. The van der Waals surface area contributed by atoms with E-state index in [0.717, 1.165) is 17.7 Å². The number of rotatable bonds is 5. The van der Waals surface area contributed by atoms with Crippen LogP contribution in [-0.2, 0) is 28.7 Å². The lowest BCUT2D eigenvalue weighted by Crippen LogP contribution is -2.10. The van der Waals surface area contributed by atoms with Crippen molar-refractivity contribution in [2.45, 2.75) is 19.2 Å². The number of ether oxygens (including phenoxy) is 1. The first kappa shape index (κ1) is 17.7. The fourth-order valence-corrected chi connectivity index (χ4v) is 2.23. The molecule has 26 heavy (non-hydrogen) atoms. The van der Waals surface area contributed by atoms with Crippen molar-refractivity contribution in [2.75, 3.05) is 0 Å². The third-order valence-corrected chi connectivity index (χ3v) is 3.45. The molecule has 1 heterocycles. The molecule has 0 amide bonds. The molecule has 0 aliphatic heterocycles. The van der Waals surface area contributed by atoms with E-state index in [0.29, 0.717) is 0 Å². The lowest BCUT2D eigenvalue weighted by molar-refractivity contribution is -0.145. The summed E-state index contributed by atoms with van der Waals surface area (Å²) in [6.07, 6.45) is -4.75. The zero-order chi connectivity index (χ0) is 18.6. The van der Waals surface area contributed by atoms with Gasteiger partial charge >= 0.3 is 12.1 Å². The number of halogens is 3. The lowest BCUT2D eigenvalue weighted by Gasteiger charge is -2.08. The quantitative estimate of drug-likeness (QED) is 0.641. The first-order valence-corrected chi connectivity index (χ1v) is 7.61. The maximum absolute atomic E-state index is 12.7. The molecular formula is C18H13F3N2O3. The van der Waals surface area contributed by atoms with Gasteiger partial charge in [-0.25, -0.2) is 0 Å². The molecule has 0 fully saturated rings. The highest BCUT2D eigenvalue weighted by Gasteiger charge is 2.30. The number of alkyl halides is 3. The molecule has 0 aliphatic rings. The number of nitrogens with zero attached hydrogens (tertiary/aromatic N) is 2. The summed E-state index contributed by atoms with van der Waals surface area (Å²) in [6, 6.07) is 13.6. The van der Waals surface area contributed by atoms with Crippen LogP contribution in [0, 0.1) is 0 Å². The van der Waals surface area contributed by atoms with Gasteiger partial charge < -0.3 is 9.15 Å². The van der Waals surface area contributed by atoms with Crippen LogP contribution in [0.5, 0.6) is 0 Å². The molecule has 0 spiro atoms. The van der Waals surface area contributed by atoms with Gasteiger partial charge in [0, 0.05) is 5.56 Å². The molecular weight excluding hydrogens is 349 g/mol. The average molecular weight is 362 g/mol. The number of esters is 1. The first-order valence-electron chi connectivity index (χ1n) is 7.61. The highest BCUT2D eigenvalue weighted by atomic mass is 19.4. The van der Waals surface area contributed by atoms with Crippen LogP contribution in [0.3, 0.4) is 0 Å². The van der Waals surface area contributed by atoms with Crippen LogP contribution in [0.2, 0.25) is 0 Å². The average Bonchev–Trinajstić information content (AvgIpc) is 3.09. The zero-order valence-corrected chi connectivity index (χ0v) is 13.4. The van der Waals surface area contributed by atoms with Crippen molar-refractivity contribution in [3.8, 4) is 11.5 Å². The molecule has 134 valence electrons. The van der Waals surface area contributed by atoms with Crippen molar-refractivity contribution >= 4 is 5.97 Å². The van der Waals surface area contributed by atoms with E-state index in [2.05, 4.69) is 10.2 Å². The van der Waals surface area contributed by atoms with Gasteiger partial charge in [0.2, 0.25) is 5.89 Å². The smallest absolute Gasteiger partial charge is 0.416 e. The van der Waals surface area contributed by atoms with E-state index in [1.165, 1.54) is 12.1 Å². The minimum absolute atomic E-state index is 0.0984. The predicted octanol–water partition coefficient (Wildman–Crippen LogP) is 4.04. The summed E-state index contributed by atoms with van der Waals surface area (Å²) in [4.78, 5) is 11.8. The maximum atomic E-state index is 12.7. The van der Waals surface area contributed by atoms with E-state index in [1.807, 2.05) is 18.2 Å². The third kappa shape index (κ3) is 4.47. The van der Waals surface area contributed by atoms with Crippen LogP contribution in [0.15, 0.2) is 59.0 Å². The summed E-state index contributed by atoms with van der Waals surface area (Å²) in [6.45, 7) is -0.252. The highest BCUT2D eigenvalue weighted by molar-refractivity contribution is 5.72. The third-order valence-electron chi connectivity index (χ3n) is 3.45. The summed E-state index contributed by atoms with van der Waals surface area (Å²) in [5, 5.41) is 7.63. The Hall–Kier alpha value is -3.16. The Morgan fingerprint density at radius 2 is 1.81 bits per heavy atom. The molecule has 0 unspecified atom stereocenters. The van der Waals surface area contributed by atoms with Gasteiger partial charge in [0.25, 0.3) is 5.89 Å². The van der Waals surface area contributed by atoms with E-state index in [-0.39, 0.29) is 30.4 Å². The Bertz CT molecular complexity index is 892. The van der Waals surface area contributed by atoms with E-state index in [1.54, 1.807) is 12.1 Å². The van der Waals surface area contributed by atoms with Crippen molar-refractivity contribution in [3.05, 3.63) is 71.6 Å². The summed E-state index contributed by atoms with van der Waals surface area (Å²) >= 11 is 0. The largest absolute Gasteiger partial charge is 0.455 e. The molecule has 0 saturated carbocycles. The van der Waals surface area contributed by atoms with Gasteiger partial charge in [-0.15, -0.1) is 10.2 Å². The van der Waals surface area contributed by atoms with Gasteiger partial charge in [0.1, 0.15) is 0 Å². The Morgan fingerprint density at radius 1 is 1.04 bits per heavy atom. The first-order chi connectivity index (χ1) is 12.4. The summed E-state index contributed by atoms with van der Waals surface area (Å²) in [7, 11) is 0. The molecule has 3 rings (SSSR count). The number of benzene rings is 2. The molecule has 2 aromatic carbocycles. The molecule has 0 radical (unpaired) electrons. The van der Waals surface area contributed by atoms with E-state index >= 15 is 0 Å².